The third kappa shape index (κ3) is 4.99. The zero-order chi connectivity index (χ0) is 15.1. The third-order valence-electron chi connectivity index (χ3n) is 4.24. The summed E-state index contributed by atoms with van der Waals surface area (Å²) in [5.41, 5.74) is 0.715. The van der Waals surface area contributed by atoms with Crippen molar-refractivity contribution in [3.8, 4) is 5.75 Å². The lowest BCUT2D eigenvalue weighted by Gasteiger charge is -2.29. The van der Waals surface area contributed by atoms with Crippen molar-refractivity contribution >= 4 is 0 Å². The van der Waals surface area contributed by atoms with Gasteiger partial charge in [-0.25, -0.2) is 4.39 Å². The lowest BCUT2D eigenvalue weighted by Crippen LogP contribution is -2.25. The molecule has 2 nitrogen and oxygen atoms in total. The first-order valence-electron chi connectivity index (χ1n) is 8.35. The Hall–Kier alpha value is -1.09. The van der Waals surface area contributed by atoms with Crippen LogP contribution in [-0.4, -0.2) is 11.2 Å². The summed E-state index contributed by atoms with van der Waals surface area (Å²) < 4.78 is 19.1. The van der Waals surface area contributed by atoms with E-state index in [0.717, 1.165) is 12.8 Å². The number of aliphatic hydroxyl groups excluding tert-OH is 1. The fraction of sp³-hybridized carbons (Fsp3) is 0.667. The number of unbranched alkanes of at least 4 members (excludes halogenated alkanes) is 6. The average molecular weight is 294 g/mol. The quantitative estimate of drug-likeness (QED) is 0.672. The third-order valence-corrected chi connectivity index (χ3v) is 4.24. The molecule has 118 valence electrons. The molecule has 0 radical (unpaired) electrons. The van der Waals surface area contributed by atoms with Gasteiger partial charge in [-0.05, 0) is 25.0 Å². The predicted molar refractivity (Wildman–Crippen MR) is 83.0 cm³/mol. The molecule has 1 aliphatic heterocycles. The van der Waals surface area contributed by atoms with E-state index in [0.29, 0.717) is 17.7 Å². The van der Waals surface area contributed by atoms with Crippen molar-refractivity contribution in [2.24, 2.45) is 0 Å². The van der Waals surface area contributed by atoms with Crippen molar-refractivity contribution in [1.29, 1.82) is 0 Å². The van der Waals surface area contributed by atoms with Crippen LogP contribution in [0.2, 0.25) is 0 Å². The van der Waals surface area contributed by atoms with Crippen LogP contribution in [0.4, 0.5) is 4.39 Å². The summed E-state index contributed by atoms with van der Waals surface area (Å²) in [6, 6.07) is 4.39. The van der Waals surface area contributed by atoms with Crippen LogP contribution in [0.25, 0.3) is 0 Å². The van der Waals surface area contributed by atoms with Crippen LogP contribution >= 0.6 is 0 Å². The van der Waals surface area contributed by atoms with Gasteiger partial charge in [-0.15, -0.1) is 0 Å². The molecular formula is C18H27FO2. The van der Waals surface area contributed by atoms with Gasteiger partial charge in [0.15, 0.2) is 0 Å². The highest BCUT2D eigenvalue weighted by atomic mass is 19.1. The van der Waals surface area contributed by atoms with E-state index in [2.05, 4.69) is 6.92 Å². The Morgan fingerprint density at radius 1 is 1.14 bits per heavy atom. The van der Waals surface area contributed by atoms with E-state index in [1.165, 1.54) is 50.7 Å². The predicted octanol–water partition coefficient (Wildman–Crippen LogP) is 5.15. The summed E-state index contributed by atoms with van der Waals surface area (Å²) in [4.78, 5) is 0. The lowest BCUT2D eigenvalue weighted by molar-refractivity contribution is 0.0601. The number of aliphatic hydroxyl groups is 1. The molecule has 0 spiro atoms. The van der Waals surface area contributed by atoms with Crippen molar-refractivity contribution < 1.29 is 14.2 Å². The number of hydrogen-bond donors (Lipinski definition) is 1. The molecule has 21 heavy (non-hydrogen) atoms. The number of halogens is 1. The van der Waals surface area contributed by atoms with Gasteiger partial charge in [0.1, 0.15) is 17.7 Å². The molecule has 0 aliphatic carbocycles. The van der Waals surface area contributed by atoms with Crippen molar-refractivity contribution in [2.75, 3.05) is 0 Å². The minimum absolute atomic E-state index is 0.0185. The standard InChI is InChI=1S/C18H27FO2/c1-2-3-4-5-6-7-8-9-15-13-17(20)16-11-10-14(19)12-18(16)21-15/h10-12,15,17,20H,2-9,13H2,1H3. The Morgan fingerprint density at radius 2 is 1.86 bits per heavy atom. The lowest BCUT2D eigenvalue weighted by atomic mass is 9.96. The maximum absolute atomic E-state index is 13.2. The fourth-order valence-corrected chi connectivity index (χ4v) is 3.00. The second-order valence-electron chi connectivity index (χ2n) is 6.08. The first-order valence-corrected chi connectivity index (χ1v) is 8.35. The van der Waals surface area contributed by atoms with Gasteiger partial charge in [-0.2, -0.15) is 0 Å². The SMILES string of the molecule is CCCCCCCCCC1CC(O)c2ccc(F)cc2O1. The van der Waals surface area contributed by atoms with Gasteiger partial charge in [0.25, 0.3) is 0 Å². The summed E-state index contributed by atoms with van der Waals surface area (Å²) in [5, 5.41) is 10.1. The van der Waals surface area contributed by atoms with Gasteiger partial charge in [-0.1, -0.05) is 45.4 Å². The van der Waals surface area contributed by atoms with Crippen molar-refractivity contribution in [3.05, 3.63) is 29.6 Å². The first-order chi connectivity index (χ1) is 10.2. The highest BCUT2D eigenvalue weighted by Crippen LogP contribution is 2.36. The molecular weight excluding hydrogens is 267 g/mol. The molecule has 1 aliphatic rings. The van der Waals surface area contributed by atoms with Gasteiger partial charge in [0.05, 0.1) is 6.10 Å². The number of ether oxygens (including phenoxy) is 1. The molecule has 0 bridgehead atoms. The normalized spacial score (nSPS) is 20.9. The fourth-order valence-electron chi connectivity index (χ4n) is 3.00. The molecule has 1 aromatic rings. The van der Waals surface area contributed by atoms with E-state index in [9.17, 15) is 9.50 Å². The van der Waals surface area contributed by atoms with E-state index < -0.39 is 6.10 Å². The van der Waals surface area contributed by atoms with Gasteiger partial charge in [0, 0.05) is 18.1 Å². The van der Waals surface area contributed by atoms with E-state index in [4.69, 9.17) is 4.74 Å². The van der Waals surface area contributed by atoms with Crippen molar-refractivity contribution in [2.45, 2.75) is 76.9 Å². The Balaban J connectivity index is 1.71. The second kappa shape index (κ2) is 8.38. The van der Waals surface area contributed by atoms with Crippen LogP contribution in [-0.2, 0) is 0 Å². The van der Waals surface area contributed by atoms with Crippen molar-refractivity contribution in [1.82, 2.24) is 0 Å². The Labute approximate surface area is 127 Å². The van der Waals surface area contributed by atoms with Gasteiger partial charge < -0.3 is 9.84 Å². The first kappa shape index (κ1) is 16.3. The molecule has 2 rings (SSSR count). The van der Waals surface area contributed by atoms with Gasteiger partial charge in [0.2, 0.25) is 0 Å². The highest BCUT2D eigenvalue weighted by molar-refractivity contribution is 5.37. The Morgan fingerprint density at radius 3 is 2.62 bits per heavy atom. The monoisotopic (exact) mass is 294 g/mol. The number of hydrogen-bond acceptors (Lipinski definition) is 2. The molecule has 2 atom stereocenters. The molecule has 0 aromatic heterocycles. The molecule has 2 unspecified atom stereocenters. The second-order valence-corrected chi connectivity index (χ2v) is 6.08. The summed E-state index contributed by atoms with van der Waals surface area (Å²) in [6.07, 6.45) is 9.94. The maximum Gasteiger partial charge on any atom is 0.128 e. The average Bonchev–Trinajstić information content (AvgIpc) is 2.46. The van der Waals surface area contributed by atoms with Crippen LogP contribution in [0.3, 0.4) is 0 Å². The number of fused-ring (bicyclic) bond motifs is 1. The van der Waals surface area contributed by atoms with Crippen LogP contribution in [0.1, 0.15) is 76.4 Å². The highest BCUT2D eigenvalue weighted by Gasteiger charge is 2.26. The summed E-state index contributed by atoms with van der Waals surface area (Å²) >= 11 is 0. The topological polar surface area (TPSA) is 29.5 Å². The van der Waals surface area contributed by atoms with Crippen molar-refractivity contribution in [3.63, 3.8) is 0 Å². The van der Waals surface area contributed by atoms with E-state index in [1.54, 1.807) is 6.07 Å². The van der Waals surface area contributed by atoms with Crippen LogP contribution in [0.15, 0.2) is 18.2 Å². The number of rotatable bonds is 8. The Kier molecular flexibility index (Phi) is 6.50. The number of benzene rings is 1. The van der Waals surface area contributed by atoms with Crippen LogP contribution < -0.4 is 4.74 Å². The molecule has 0 amide bonds. The molecule has 0 fully saturated rings. The molecule has 3 heteroatoms. The van der Waals surface area contributed by atoms with Gasteiger partial charge in [-0.3, -0.25) is 0 Å². The zero-order valence-electron chi connectivity index (χ0n) is 13.0. The molecule has 1 aromatic carbocycles. The van der Waals surface area contributed by atoms with Crippen LogP contribution in [0.5, 0.6) is 5.75 Å². The summed E-state index contributed by atoms with van der Waals surface area (Å²) in [7, 11) is 0. The molecule has 0 saturated heterocycles. The molecule has 0 saturated carbocycles. The minimum Gasteiger partial charge on any atom is -0.490 e. The Bertz CT molecular complexity index is 433. The van der Waals surface area contributed by atoms with Gasteiger partial charge >= 0.3 is 0 Å². The van der Waals surface area contributed by atoms with E-state index >= 15 is 0 Å². The smallest absolute Gasteiger partial charge is 0.128 e. The summed E-state index contributed by atoms with van der Waals surface area (Å²) in [6.45, 7) is 2.23. The summed E-state index contributed by atoms with van der Waals surface area (Å²) in [5.74, 6) is 0.208. The minimum atomic E-state index is -0.524. The van der Waals surface area contributed by atoms with Crippen LogP contribution in [0, 0.1) is 5.82 Å². The largest absolute Gasteiger partial charge is 0.490 e. The van der Waals surface area contributed by atoms with E-state index in [1.807, 2.05) is 0 Å². The zero-order valence-corrected chi connectivity index (χ0v) is 13.0. The van der Waals surface area contributed by atoms with E-state index in [-0.39, 0.29) is 11.9 Å². The maximum atomic E-state index is 13.2. The molecule has 1 N–H and O–H groups in total. The molecule has 1 heterocycles.